The lowest BCUT2D eigenvalue weighted by molar-refractivity contribution is 0.187. The number of rotatable bonds is 7. The predicted octanol–water partition coefficient (Wildman–Crippen LogP) is 4.47. The van der Waals surface area contributed by atoms with Crippen molar-refractivity contribution in [3.8, 4) is 5.75 Å². The van der Waals surface area contributed by atoms with Crippen molar-refractivity contribution in [1.29, 1.82) is 0 Å². The average Bonchev–Trinajstić information content (AvgIpc) is 2.61. The number of nitrogens with one attached hydrogen (secondary N) is 1. The molecule has 0 saturated carbocycles. The van der Waals surface area contributed by atoms with Crippen LogP contribution in [0.3, 0.4) is 0 Å². The van der Waals surface area contributed by atoms with Crippen LogP contribution in [0.2, 0.25) is 0 Å². The molecule has 0 radical (unpaired) electrons. The smallest absolute Gasteiger partial charge is 0.322 e. The number of hydrogen-bond acceptors (Lipinski definition) is 4. The van der Waals surface area contributed by atoms with Gasteiger partial charge in [0.2, 0.25) is 0 Å². The third kappa shape index (κ3) is 6.27. The van der Waals surface area contributed by atoms with Crippen LogP contribution in [0.4, 0.5) is 10.5 Å². The van der Waals surface area contributed by atoms with Crippen LogP contribution in [0.5, 0.6) is 5.75 Å². The van der Waals surface area contributed by atoms with Crippen LogP contribution >= 0.6 is 0 Å². The van der Waals surface area contributed by atoms with E-state index in [0.717, 1.165) is 35.1 Å². The number of benzene rings is 2. The third-order valence-electron chi connectivity index (χ3n) is 4.53. The normalized spacial score (nSPS) is 12.3. The molecule has 0 spiro atoms. The molecule has 28 heavy (non-hydrogen) atoms. The molecule has 0 unspecified atom stereocenters. The molecule has 2 aromatic carbocycles. The zero-order valence-corrected chi connectivity index (χ0v) is 17.8. The Balaban J connectivity index is 2.15. The fraction of sp³-hybridized carbons (Fsp3) is 0.381. The minimum absolute atomic E-state index is 0.0395. The van der Waals surface area contributed by atoms with E-state index in [1.807, 2.05) is 45.9 Å². The number of amides is 2. The summed E-state index contributed by atoms with van der Waals surface area (Å²) in [4.78, 5) is 14.7. The van der Waals surface area contributed by atoms with Gasteiger partial charge in [0.15, 0.2) is 0 Å². The molecule has 0 saturated heterocycles. The van der Waals surface area contributed by atoms with Gasteiger partial charge in [-0.2, -0.15) is 8.42 Å². The maximum absolute atomic E-state index is 12.9. The third-order valence-corrected chi connectivity index (χ3v) is 5.03. The van der Waals surface area contributed by atoms with Gasteiger partial charge in [-0.3, -0.25) is 0 Å². The second-order valence-electron chi connectivity index (χ2n) is 7.07. The van der Waals surface area contributed by atoms with Crippen LogP contribution in [-0.4, -0.2) is 31.6 Å². The summed E-state index contributed by atoms with van der Waals surface area (Å²) in [7, 11) is -3.56. The quantitative estimate of drug-likeness (QED) is 0.691. The molecule has 152 valence electrons. The Morgan fingerprint density at radius 2 is 1.79 bits per heavy atom. The van der Waals surface area contributed by atoms with E-state index in [1.165, 1.54) is 0 Å². The molecule has 1 atom stereocenters. The number of hydrogen-bond donors (Lipinski definition) is 1. The van der Waals surface area contributed by atoms with Gasteiger partial charge in [-0.15, -0.1) is 0 Å². The van der Waals surface area contributed by atoms with Crippen molar-refractivity contribution >= 4 is 21.8 Å². The summed E-state index contributed by atoms with van der Waals surface area (Å²) in [5.41, 5.74) is 3.84. The number of aryl methyl sites for hydroxylation is 2. The predicted molar refractivity (Wildman–Crippen MR) is 112 cm³/mol. The second kappa shape index (κ2) is 9.10. The Morgan fingerprint density at radius 1 is 1.14 bits per heavy atom. The van der Waals surface area contributed by atoms with Gasteiger partial charge in [0.1, 0.15) is 5.75 Å². The molecule has 6 nitrogen and oxygen atoms in total. The molecule has 0 aromatic heterocycles. The van der Waals surface area contributed by atoms with Crippen molar-refractivity contribution in [2.24, 2.45) is 0 Å². The highest BCUT2D eigenvalue weighted by molar-refractivity contribution is 7.86. The summed E-state index contributed by atoms with van der Waals surface area (Å²) < 4.78 is 27.3. The van der Waals surface area contributed by atoms with E-state index in [1.54, 1.807) is 29.2 Å². The van der Waals surface area contributed by atoms with Crippen LogP contribution < -0.4 is 9.50 Å². The van der Waals surface area contributed by atoms with Crippen molar-refractivity contribution in [3.05, 3.63) is 59.2 Å². The lowest BCUT2D eigenvalue weighted by atomic mass is 10.1. The molecule has 2 amide bonds. The number of carbonyl (C=O) groups is 1. The minimum atomic E-state index is -3.56. The van der Waals surface area contributed by atoms with Gasteiger partial charge >= 0.3 is 16.1 Å². The van der Waals surface area contributed by atoms with Crippen LogP contribution in [0, 0.1) is 13.8 Å². The van der Waals surface area contributed by atoms with E-state index in [0.29, 0.717) is 6.54 Å². The van der Waals surface area contributed by atoms with Crippen LogP contribution in [0.1, 0.15) is 37.0 Å². The molecule has 2 aromatic rings. The number of anilines is 1. The maximum atomic E-state index is 12.9. The topological polar surface area (TPSA) is 75.7 Å². The number of nitrogens with zero attached hydrogens (tertiary/aromatic N) is 1. The summed E-state index contributed by atoms with van der Waals surface area (Å²) >= 11 is 0. The first-order valence-electron chi connectivity index (χ1n) is 9.22. The molecule has 0 fully saturated rings. The highest BCUT2D eigenvalue weighted by atomic mass is 32.2. The van der Waals surface area contributed by atoms with Crippen LogP contribution in [-0.2, 0) is 16.7 Å². The molecule has 0 heterocycles. The standard InChI is InChI=1S/C21H28N2O4S/c1-6-17(4)23(21(24)22-20-12-7-15(2)13-16(20)3)14-18-8-10-19(11-9-18)27-28(5,25)26/h7-13,17H,6,14H2,1-5H3,(H,22,24)/t17-/m1/s1. The summed E-state index contributed by atoms with van der Waals surface area (Å²) in [6, 6.07) is 12.5. The van der Waals surface area contributed by atoms with Gasteiger partial charge in [-0.25, -0.2) is 4.79 Å². The monoisotopic (exact) mass is 404 g/mol. The Kier molecular flexibility index (Phi) is 7.07. The summed E-state index contributed by atoms with van der Waals surface area (Å²) in [5, 5.41) is 3.00. The van der Waals surface area contributed by atoms with Crippen molar-refractivity contribution in [1.82, 2.24) is 4.90 Å². The Labute approximate surface area is 167 Å². The highest BCUT2D eigenvalue weighted by Gasteiger charge is 2.20. The largest absolute Gasteiger partial charge is 0.383 e. The van der Waals surface area contributed by atoms with Gasteiger partial charge in [-0.1, -0.05) is 36.8 Å². The SMILES string of the molecule is CC[C@@H](C)N(Cc1ccc(OS(C)(=O)=O)cc1)C(=O)Nc1ccc(C)cc1C. The lowest BCUT2D eigenvalue weighted by Crippen LogP contribution is -2.40. The van der Waals surface area contributed by atoms with Gasteiger partial charge in [-0.05, 0) is 56.5 Å². The highest BCUT2D eigenvalue weighted by Crippen LogP contribution is 2.20. The van der Waals surface area contributed by atoms with Gasteiger partial charge in [0.25, 0.3) is 0 Å². The first-order chi connectivity index (χ1) is 13.1. The van der Waals surface area contributed by atoms with Crippen molar-refractivity contribution in [2.45, 2.75) is 46.7 Å². The zero-order valence-electron chi connectivity index (χ0n) is 17.0. The average molecular weight is 405 g/mol. The summed E-state index contributed by atoms with van der Waals surface area (Å²) in [6.07, 6.45) is 1.82. The fourth-order valence-electron chi connectivity index (χ4n) is 2.81. The molecule has 2 rings (SSSR count). The number of urea groups is 1. The first-order valence-corrected chi connectivity index (χ1v) is 11.0. The van der Waals surface area contributed by atoms with Gasteiger partial charge in [0, 0.05) is 18.3 Å². The molecule has 1 N–H and O–H groups in total. The van der Waals surface area contributed by atoms with E-state index >= 15 is 0 Å². The van der Waals surface area contributed by atoms with E-state index in [-0.39, 0.29) is 17.8 Å². The van der Waals surface area contributed by atoms with Crippen LogP contribution in [0.25, 0.3) is 0 Å². The van der Waals surface area contributed by atoms with Crippen molar-refractivity contribution in [3.63, 3.8) is 0 Å². The van der Waals surface area contributed by atoms with Crippen LogP contribution in [0.15, 0.2) is 42.5 Å². The molecular formula is C21H28N2O4S. The van der Waals surface area contributed by atoms with Crippen molar-refractivity contribution in [2.75, 3.05) is 11.6 Å². The molecule has 0 bridgehead atoms. The zero-order chi connectivity index (χ0) is 20.9. The molecular weight excluding hydrogens is 376 g/mol. The van der Waals surface area contributed by atoms with Gasteiger partial charge < -0.3 is 14.4 Å². The Morgan fingerprint density at radius 3 is 2.32 bits per heavy atom. The minimum Gasteiger partial charge on any atom is -0.383 e. The molecule has 0 aliphatic carbocycles. The van der Waals surface area contributed by atoms with E-state index in [2.05, 4.69) is 5.32 Å². The summed E-state index contributed by atoms with van der Waals surface area (Å²) in [5.74, 6) is 0.251. The maximum Gasteiger partial charge on any atom is 0.322 e. The van der Waals surface area contributed by atoms with Gasteiger partial charge in [0.05, 0.1) is 6.26 Å². The Bertz CT molecular complexity index is 924. The lowest BCUT2D eigenvalue weighted by Gasteiger charge is -2.29. The summed E-state index contributed by atoms with van der Waals surface area (Å²) in [6.45, 7) is 8.43. The van der Waals surface area contributed by atoms with Crippen molar-refractivity contribution < 1.29 is 17.4 Å². The fourth-order valence-corrected chi connectivity index (χ4v) is 3.27. The number of carbonyl (C=O) groups excluding carboxylic acids is 1. The first kappa shape index (κ1) is 21.8. The molecule has 7 heteroatoms. The van der Waals surface area contributed by atoms with E-state index < -0.39 is 10.1 Å². The second-order valence-corrected chi connectivity index (χ2v) is 8.64. The molecule has 0 aliphatic rings. The van der Waals surface area contributed by atoms with E-state index in [4.69, 9.17) is 4.18 Å². The molecule has 0 aliphatic heterocycles. The van der Waals surface area contributed by atoms with E-state index in [9.17, 15) is 13.2 Å². The Hall–Kier alpha value is -2.54.